The summed E-state index contributed by atoms with van der Waals surface area (Å²) in [6, 6.07) is 19.2. The van der Waals surface area contributed by atoms with Gasteiger partial charge in [-0.3, -0.25) is 4.79 Å². The number of carbonyl (C=O) groups excluding carboxylic acids is 1. The van der Waals surface area contributed by atoms with Crippen molar-refractivity contribution in [1.29, 1.82) is 0 Å². The minimum Gasteiger partial charge on any atom is -0.409 e. The van der Waals surface area contributed by atoms with Crippen molar-refractivity contribution < 1.29 is 9.53 Å². The maximum absolute atomic E-state index is 11.8. The van der Waals surface area contributed by atoms with Gasteiger partial charge in [-0.15, -0.1) is 0 Å². The number of rotatable bonds is 3. The van der Waals surface area contributed by atoms with E-state index >= 15 is 0 Å². The number of hydrogen-bond acceptors (Lipinski definition) is 2. The zero-order chi connectivity index (χ0) is 13.1. The smallest absolute Gasteiger partial charge is 0.316 e. The Labute approximate surface area is 110 Å². The molecule has 1 aromatic heterocycles. The number of hydrogen-bond donors (Lipinski definition) is 1. The zero-order valence-electron chi connectivity index (χ0n) is 10.3. The normalized spacial score (nSPS) is 10.5. The number of fused-ring (bicyclic) bond motifs is 1. The Morgan fingerprint density at radius 1 is 1.00 bits per heavy atom. The number of benzene rings is 2. The van der Waals surface area contributed by atoms with Crippen LogP contribution >= 0.6 is 0 Å². The van der Waals surface area contributed by atoms with Gasteiger partial charge in [-0.2, -0.15) is 0 Å². The number of ether oxygens (including phenoxy) is 1. The molecule has 0 saturated carbocycles. The van der Waals surface area contributed by atoms with E-state index in [0.29, 0.717) is 5.88 Å². The zero-order valence-corrected chi connectivity index (χ0v) is 10.3. The fourth-order valence-corrected chi connectivity index (χ4v) is 2.02. The van der Waals surface area contributed by atoms with E-state index in [2.05, 4.69) is 4.98 Å². The van der Waals surface area contributed by atoms with Crippen molar-refractivity contribution in [2.45, 2.75) is 6.42 Å². The molecule has 3 nitrogen and oxygen atoms in total. The Hall–Kier alpha value is -2.55. The molecular weight excluding hydrogens is 238 g/mol. The molecule has 1 heterocycles. The molecule has 3 heteroatoms. The summed E-state index contributed by atoms with van der Waals surface area (Å²) in [5.74, 6) is 0.222. The molecule has 1 N–H and O–H groups in total. The van der Waals surface area contributed by atoms with E-state index in [1.165, 1.54) is 0 Å². The van der Waals surface area contributed by atoms with Crippen LogP contribution in [-0.4, -0.2) is 11.0 Å². The third-order valence-corrected chi connectivity index (χ3v) is 2.92. The van der Waals surface area contributed by atoms with Crippen LogP contribution in [0.25, 0.3) is 10.9 Å². The van der Waals surface area contributed by atoms with Crippen molar-refractivity contribution in [3.8, 4) is 5.88 Å². The highest BCUT2D eigenvalue weighted by atomic mass is 16.5. The van der Waals surface area contributed by atoms with Gasteiger partial charge in [-0.1, -0.05) is 48.5 Å². The Morgan fingerprint density at radius 3 is 2.53 bits per heavy atom. The molecule has 0 bridgehead atoms. The summed E-state index contributed by atoms with van der Waals surface area (Å²) < 4.78 is 5.31. The Kier molecular flexibility index (Phi) is 3.02. The average Bonchev–Trinajstić information content (AvgIpc) is 2.81. The number of esters is 1. The molecule has 19 heavy (non-hydrogen) atoms. The van der Waals surface area contributed by atoms with Crippen molar-refractivity contribution in [3.05, 3.63) is 66.2 Å². The van der Waals surface area contributed by atoms with Crippen molar-refractivity contribution in [1.82, 2.24) is 4.98 Å². The molecule has 94 valence electrons. The topological polar surface area (TPSA) is 42.1 Å². The van der Waals surface area contributed by atoms with Crippen LogP contribution in [0.4, 0.5) is 0 Å². The molecular formula is C16H13NO2. The van der Waals surface area contributed by atoms with Gasteiger partial charge < -0.3 is 9.72 Å². The Morgan fingerprint density at radius 2 is 1.74 bits per heavy atom. The molecule has 0 radical (unpaired) electrons. The van der Waals surface area contributed by atoms with Gasteiger partial charge in [0.05, 0.1) is 6.42 Å². The summed E-state index contributed by atoms with van der Waals surface area (Å²) in [4.78, 5) is 14.9. The first-order valence-electron chi connectivity index (χ1n) is 6.13. The number of carbonyl (C=O) groups is 1. The predicted octanol–water partition coefficient (Wildman–Crippen LogP) is 3.32. The summed E-state index contributed by atoms with van der Waals surface area (Å²) in [6.07, 6.45) is 0.274. The second-order valence-corrected chi connectivity index (χ2v) is 4.36. The van der Waals surface area contributed by atoms with Gasteiger partial charge in [0.2, 0.25) is 5.88 Å². The lowest BCUT2D eigenvalue weighted by Crippen LogP contribution is -2.11. The summed E-state index contributed by atoms with van der Waals surface area (Å²) >= 11 is 0. The number of para-hydroxylation sites is 1. The predicted molar refractivity (Wildman–Crippen MR) is 74.1 cm³/mol. The highest BCUT2D eigenvalue weighted by Crippen LogP contribution is 2.20. The SMILES string of the molecule is O=C(Cc1ccccc1)Oc1cc2ccccc2[nH]1. The van der Waals surface area contributed by atoms with Gasteiger partial charge in [-0.25, -0.2) is 0 Å². The molecule has 0 spiro atoms. The maximum Gasteiger partial charge on any atom is 0.316 e. The largest absolute Gasteiger partial charge is 0.409 e. The van der Waals surface area contributed by atoms with Gasteiger partial charge in [-0.05, 0) is 11.6 Å². The van der Waals surface area contributed by atoms with Crippen LogP contribution in [-0.2, 0) is 11.2 Å². The van der Waals surface area contributed by atoms with Gasteiger partial charge in [0.25, 0.3) is 0 Å². The van der Waals surface area contributed by atoms with Crippen molar-refractivity contribution in [3.63, 3.8) is 0 Å². The number of aromatic nitrogens is 1. The molecule has 2 aromatic carbocycles. The summed E-state index contributed by atoms with van der Waals surface area (Å²) in [5, 5.41) is 1.03. The van der Waals surface area contributed by atoms with Crippen LogP contribution in [0.2, 0.25) is 0 Å². The van der Waals surface area contributed by atoms with E-state index in [9.17, 15) is 4.79 Å². The van der Waals surface area contributed by atoms with Gasteiger partial charge in [0, 0.05) is 17.0 Å². The van der Waals surface area contributed by atoms with Crippen LogP contribution in [0.3, 0.4) is 0 Å². The first kappa shape index (κ1) is 11.5. The monoisotopic (exact) mass is 251 g/mol. The van der Waals surface area contributed by atoms with E-state index in [4.69, 9.17) is 4.74 Å². The fraction of sp³-hybridized carbons (Fsp3) is 0.0625. The Balaban J connectivity index is 1.72. The van der Waals surface area contributed by atoms with Gasteiger partial charge in [0.15, 0.2) is 0 Å². The van der Waals surface area contributed by atoms with Crippen LogP contribution < -0.4 is 4.74 Å². The molecule has 0 aliphatic carbocycles. The number of nitrogens with one attached hydrogen (secondary N) is 1. The first-order valence-corrected chi connectivity index (χ1v) is 6.13. The lowest BCUT2D eigenvalue weighted by atomic mass is 10.2. The van der Waals surface area contributed by atoms with Crippen LogP contribution in [0, 0.1) is 0 Å². The van der Waals surface area contributed by atoms with Crippen LogP contribution in [0.15, 0.2) is 60.7 Å². The van der Waals surface area contributed by atoms with Crippen molar-refractivity contribution >= 4 is 16.9 Å². The van der Waals surface area contributed by atoms with Crippen molar-refractivity contribution in [2.24, 2.45) is 0 Å². The van der Waals surface area contributed by atoms with E-state index in [1.807, 2.05) is 60.7 Å². The van der Waals surface area contributed by atoms with E-state index in [1.54, 1.807) is 0 Å². The first-order chi connectivity index (χ1) is 9.31. The van der Waals surface area contributed by atoms with Gasteiger partial charge >= 0.3 is 5.97 Å². The van der Waals surface area contributed by atoms with Crippen LogP contribution in [0.1, 0.15) is 5.56 Å². The third kappa shape index (κ3) is 2.65. The lowest BCUT2D eigenvalue weighted by Gasteiger charge is -2.01. The van der Waals surface area contributed by atoms with Crippen molar-refractivity contribution in [2.75, 3.05) is 0 Å². The van der Waals surface area contributed by atoms with Gasteiger partial charge in [0.1, 0.15) is 0 Å². The lowest BCUT2D eigenvalue weighted by molar-refractivity contribution is -0.133. The molecule has 3 rings (SSSR count). The second-order valence-electron chi connectivity index (χ2n) is 4.36. The van der Waals surface area contributed by atoms with E-state index in [0.717, 1.165) is 16.5 Å². The van der Waals surface area contributed by atoms with Crippen LogP contribution in [0.5, 0.6) is 5.88 Å². The number of H-pyrrole nitrogens is 1. The average molecular weight is 251 g/mol. The van der Waals surface area contributed by atoms with E-state index < -0.39 is 0 Å². The highest BCUT2D eigenvalue weighted by Gasteiger charge is 2.08. The highest BCUT2D eigenvalue weighted by molar-refractivity contribution is 5.83. The number of aromatic amines is 1. The summed E-state index contributed by atoms with van der Waals surface area (Å²) in [5.41, 5.74) is 1.91. The maximum atomic E-state index is 11.8. The van der Waals surface area contributed by atoms with E-state index in [-0.39, 0.29) is 12.4 Å². The molecule has 0 amide bonds. The molecule has 0 atom stereocenters. The summed E-state index contributed by atoms with van der Waals surface area (Å²) in [6.45, 7) is 0. The third-order valence-electron chi connectivity index (χ3n) is 2.92. The molecule has 0 unspecified atom stereocenters. The quantitative estimate of drug-likeness (QED) is 0.725. The second kappa shape index (κ2) is 4.98. The summed E-state index contributed by atoms with van der Waals surface area (Å²) in [7, 11) is 0. The molecule has 0 aliphatic heterocycles. The molecule has 0 aliphatic rings. The standard InChI is InChI=1S/C16H13NO2/c18-16(10-12-6-2-1-3-7-12)19-15-11-13-8-4-5-9-14(13)17-15/h1-9,11,17H,10H2. The Bertz CT molecular complexity index is 668. The minimum absolute atomic E-state index is 0.266. The molecule has 3 aromatic rings. The molecule has 0 saturated heterocycles. The fourth-order valence-electron chi connectivity index (χ4n) is 2.02. The molecule has 0 fully saturated rings. The minimum atomic E-state index is -0.266.